The average molecular weight is 581 g/mol. The summed E-state index contributed by atoms with van der Waals surface area (Å²) in [6, 6.07) is 2.85. The number of rotatable bonds is 15. The number of carboxylic acid groups (broad SMARTS) is 1. The zero-order chi connectivity index (χ0) is 29.9. The predicted molar refractivity (Wildman–Crippen MR) is 152 cm³/mol. The molecular weight excluding hydrogens is 548 g/mol. The molecule has 2 atom stereocenters. The Bertz CT molecular complexity index is 1430. The number of allylic oxidation sites excluding steroid dienone is 3. The van der Waals surface area contributed by atoms with E-state index in [1.807, 2.05) is 12.2 Å². The molecule has 1 aliphatic carbocycles. The van der Waals surface area contributed by atoms with Gasteiger partial charge in [0, 0.05) is 22.5 Å². The molecule has 0 radical (unpaired) electrons. The van der Waals surface area contributed by atoms with Gasteiger partial charge in [0.25, 0.3) is 5.89 Å². The van der Waals surface area contributed by atoms with Crippen LogP contribution in [0.2, 0.25) is 0 Å². The minimum Gasteiger partial charge on any atom is -0.496 e. The van der Waals surface area contributed by atoms with Gasteiger partial charge >= 0.3 is 5.97 Å². The lowest BCUT2D eigenvalue weighted by Crippen LogP contribution is -2.54. The third-order valence-corrected chi connectivity index (χ3v) is 6.97. The number of carboxylic acids is 1. The number of hydrogen-bond donors (Lipinski definition) is 3. The molecule has 3 rings (SSSR count). The average Bonchev–Trinajstić information content (AvgIpc) is 3.37. The molecule has 1 aliphatic rings. The fourth-order valence-electron chi connectivity index (χ4n) is 3.91. The lowest BCUT2D eigenvalue weighted by Gasteiger charge is -2.25. The highest BCUT2D eigenvalue weighted by Gasteiger charge is 2.30. The number of amides is 2. The summed E-state index contributed by atoms with van der Waals surface area (Å²) in [6.45, 7) is 5.17. The summed E-state index contributed by atoms with van der Waals surface area (Å²) in [4.78, 5) is 54.7. The van der Waals surface area contributed by atoms with E-state index in [4.69, 9.17) is 9.26 Å². The van der Waals surface area contributed by atoms with Crippen molar-refractivity contribution in [2.45, 2.75) is 45.7 Å². The van der Waals surface area contributed by atoms with Crippen LogP contribution in [0.25, 0.3) is 11.5 Å². The number of ketones is 1. The number of nitrogens with zero attached hydrogens (tertiary/aromatic N) is 2. The quantitative estimate of drug-likeness (QED) is 0.267. The van der Waals surface area contributed by atoms with Gasteiger partial charge < -0.3 is 25.0 Å². The molecule has 41 heavy (non-hydrogen) atoms. The van der Waals surface area contributed by atoms with Crippen LogP contribution in [0.3, 0.4) is 0 Å². The number of aryl methyl sites for hydroxylation is 1. The highest BCUT2D eigenvalue weighted by Crippen LogP contribution is 2.26. The third kappa shape index (κ3) is 9.36. The standard InChI is InChI=1S/C29H32N4O7S/c1-17(2)27(28(38)31-22(14-26(36)37)23(34)16-41-15-19-8-6-5-7-9-19)32-25(35)13-21-12-20(10-11-24(21)39-4)29-30-18(3)33-40-29/h5-6,8,10-12,17,22,27H,13-16H2,1-4H3,(H,31,38)(H,32,35)(H,36,37)/t22?,27-/m0/s1. The molecule has 0 spiro atoms. The van der Waals surface area contributed by atoms with Crippen molar-refractivity contribution in [2.75, 3.05) is 18.6 Å². The first-order valence-corrected chi connectivity index (χ1v) is 14.0. The molecule has 1 aromatic heterocycles. The Balaban J connectivity index is 1.66. The van der Waals surface area contributed by atoms with E-state index in [-0.39, 0.29) is 18.1 Å². The number of Topliss-reactive ketones (excluding diaryl/α,β-unsaturated/α-hetero) is 1. The van der Waals surface area contributed by atoms with Crippen LogP contribution in [0.1, 0.15) is 31.7 Å². The number of carbonyl (C=O) groups excluding carboxylic acids is 3. The van der Waals surface area contributed by atoms with Gasteiger partial charge in [-0.2, -0.15) is 4.98 Å². The van der Waals surface area contributed by atoms with E-state index in [1.165, 1.54) is 18.9 Å². The van der Waals surface area contributed by atoms with Crippen LogP contribution in [-0.4, -0.2) is 69.5 Å². The van der Waals surface area contributed by atoms with Crippen molar-refractivity contribution >= 4 is 35.3 Å². The maximum Gasteiger partial charge on any atom is 0.305 e. The SMILES string of the molecule is COc1ccc(-c2nc(C)no2)cc1CC(=O)N[C@H](C(=O)NC(CC(=O)O)C(=O)CSCC1=C=C=CC=C1)C(C)C. The van der Waals surface area contributed by atoms with Crippen LogP contribution < -0.4 is 15.4 Å². The molecule has 3 N–H and O–H groups in total. The van der Waals surface area contributed by atoms with Crippen molar-refractivity contribution in [1.29, 1.82) is 0 Å². The van der Waals surface area contributed by atoms with E-state index in [2.05, 4.69) is 32.2 Å². The zero-order valence-corrected chi connectivity index (χ0v) is 24.0. The largest absolute Gasteiger partial charge is 0.496 e. The number of methoxy groups -OCH3 is 1. The molecule has 0 bridgehead atoms. The van der Waals surface area contributed by atoms with Crippen molar-refractivity contribution in [3.63, 3.8) is 0 Å². The van der Waals surface area contributed by atoms with Gasteiger partial charge in [0.15, 0.2) is 11.6 Å². The second kappa shape index (κ2) is 14.9. The van der Waals surface area contributed by atoms with Crippen LogP contribution in [0.4, 0.5) is 0 Å². The van der Waals surface area contributed by atoms with E-state index < -0.39 is 42.1 Å². The zero-order valence-electron chi connectivity index (χ0n) is 23.2. The molecule has 0 fully saturated rings. The van der Waals surface area contributed by atoms with Gasteiger partial charge in [0.05, 0.1) is 31.7 Å². The minimum atomic E-state index is -1.24. The van der Waals surface area contributed by atoms with Gasteiger partial charge in [-0.05, 0) is 43.2 Å². The van der Waals surface area contributed by atoms with Crippen LogP contribution in [-0.2, 0) is 25.6 Å². The topological polar surface area (TPSA) is 161 Å². The normalized spacial score (nSPS) is 13.4. The number of carbonyl (C=O) groups is 4. The number of aliphatic carboxylic acids is 1. The first kappa shape index (κ1) is 31.2. The molecule has 2 amide bonds. The van der Waals surface area contributed by atoms with Gasteiger partial charge in [-0.1, -0.05) is 36.5 Å². The number of benzene rings is 1. The molecule has 0 saturated heterocycles. The summed E-state index contributed by atoms with van der Waals surface area (Å²) < 4.78 is 10.6. The fourth-order valence-corrected chi connectivity index (χ4v) is 4.81. The Kier molecular flexibility index (Phi) is 11.3. The molecule has 1 unspecified atom stereocenters. The Labute approximate surface area is 241 Å². The van der Waals surface area contributed by atoms with E-state index in [0.717, 1.165) is 5.57 Å². The van der Waals surface area contributed by atoms with Gasteiger partial charge in [-0.15, -0.1) is 11.8 Å². The van der Waals surface area contributed by atoms with Crippen LogP contribution in [0.15, 0.2) is 58.0 Å². The molecular formula is C29H32N4O7S. The Morgan fingerprint density at radius 1 is 1.20 bits per heavy atom. The Morgan fingerprint density at radius 3 is 2.59 bits per heavy atom. The number of hydrogen-bond acceptors (Lipinski definition) is 9. The Morgan fingerprint density at radius 2 is 1.98 bits per heavy atom. The smallest absolute Gasteiger partial charge is 0.305 e. The summed E-state index contributed by atoms with van der Waals surface area (Å²) >= 11 is 1.29. The summed E-state index contributed by atoms with van der Waals surface area (Å²) in [7, 11) is 1.48. The molecule has 12 heteroatoms. The molecule has 0 aliphatic heterocycles. The molecule has 216 valence electrons. The second-order valence-electron chi connectivity index (χ2n) is 9.58. The van der Waals surface area contributed by atoms with E-state index in [9.17, 15) is 24.3 Å². The maximum absolute atomic E-state index is 13.2. The number of aromatic nitrogens is 2. The highest BCUT2D eigenvalue weighted by molar-refractivity contribution is 8.00. The maximum atomic E-state index is 13.2. The first-order chi connectivity index (χ1) is 19.6. The van der Waals surface area contributed by atoms with E-state index in [1.54, 1.807) is 45.0 Å². The summed E-state index contributed by atoms with van der Waals surface area (Å²) in [5.74, 6) is -1.44. The van der Waals surface area contributed by atoms with Gasteiger partial charge in [-0.3, -0.25) is 19.2 Å². The molecule has 1 aromatic carbocycles. The summed E-state index contributed by atoms with van der Waals surface area (Å²) in [5, 5.41) is 18.4. The van der Waals surface area contributed by atoms with Crippen molar-refractivity contribution < 1.29 is 33.5 Å². The van der Waals surface area contributed by atoms with E-state index in [0.29, 0.717) is 34.3 Å². The van der Waals surface area contributed by atoms with Crippen LogP contribution in [0, 0.1) is 12.8 Å². The predicted octanol–water partition coefficient (Wildman–Crippen LogP) is 2.81. The highest BCUT2D eigenvalue weighted by atomic mass is 32.2. The summed E-state index contributed by atoms with van der Waals surface area (Å²) in [6.07, 6.45) is 4.67. The number of thioether (sulfide) groups is 1. The minimum absolute atomic E-state index is 0.00459. The molecule has 0 saturated carbocycles. The molecule has 2 aromatic rings. The summed E-state index contributed by atoms with van der Waals surface area (Å²) in [5.41, 5.74) is 7.76. The monoisotopic (exact) mass is 580 g/mol. The number of nitrogens with one attached hydrogen (secondary N) is 2. The Hall–Kier alpha value is -4.37. The first-order valence-electron chi connectivity index (χ1n) is 12.8. The van der Waals surface area contributed by atoms with Gasteiger partial charge in [0.2, 0.25) is 11.8 Å². The van der Waals surface area contributed by atoms with Crippen LogP contribution in [0.5, 0.6) is 5.75 Å². The number of ether oxygens (including phenoxy) is 1. The van der Waals surface area contributed by atoms with Gasteiger partial charge in [-0.25, -0.2) is 0 Å². The van der Waals surface area contributed by atoms with E-state index >= 15 is 0 Å². The van der Waals surface area contributed by atoms with Crippen molar-refractivity contribution in [3.8, 4) is 17.2 Å². The lowest BCUT2D eigenvalue weighted by molar-refractivity contribution is -0.140. The third-order valence-electron chi connectivity index (χ3n) is 5.97. The van der Waals surface area contributed by atoms with Crippen molar-refractivity contribution in [2.24, 2.45) is 5.92 Å². The molecule has 11 nitrogen and oxygen atoms in total. The van der Waals surface area contributed by atoms with Crippen molar-refractivity contribution in [3.05, 3.63) is 64.9 Å². The lowest BCUT2D eigenvalue weighted by atomic mass is 10.0. The van der Waals surface area contributed by atoms with Gasteiger partial charge in [0.1, 0.15) is 11.8 Å². The fraction of sp³-hybridized carbons (Fsp3) is 0.379. The van der Waals surface area contributed by atoms with Crippen molar-refractivity contribution in [1.82, 2.24) is 20.8 Å². The van der Waals surface area contributed by atoms with Crippen LogP contribution >= 0.6 is 11.8 Å². The second-order valence-corrected chi connectivity index (χ2v) is 10.6. The molecule has 1 heterocycles.